The summed E-state index contributed by atoms with van der Waals surface area (Å²) in [5, 5.41) is 4.83. The Bertz CT molecular complexity index is 1410. The van der Waals surface area contributed by atoms with Crippen LogP contribution in [0, 0.1) is 0 Å². The van der Waals surface area contributed by atoms with E-state index in [4.69, 9.17) is 23.5 Å². The van der Waals surface area contributed by atoms with Gasteiger partial charge in [0.05, 0.1) is 56.1 Å². The maximum absolute atomic E-state index is 13.4. The summed E-state index contributed by atoms with van der Waals surface area (Å²) in [6, 6.07) is 11.3. The van der Waals surface area contributed by atoms with Gasteiger partial charge in [-0.15, -0.1) is 5.10 Å². The molecule has 2 aromatic heterocycles. The van der Waals surface area contributed by atoms with E-state index >= 15 is 0 Å². The first-order chi connectivity index (χ1) is 18.2. The van der Waals surface area contributed by atoms with Crippen LogP contribution in [0.4, 0.5) is 5.82 Å². The summed E-state index contributed by atoms with van der Waals surface area (Å²) in [5.41, 5.74) is 2.10. The molecule has 4 rings (SSSR count). The van der Waals surface area contributed by atoms with Crippen molar-refractivity contribution in [3.8, 4) is 11.1 Å². The Morgan fingerprint density at radius 2 is 1.63 bits per heavy atom. The molecule has 1 fully saturated rings. The summed E-state index contributed by atoms with van der Waals surface area (Å²) in [6.45, 7) is 5.51. The predicted molar refractivity (Wildman–Crippen MR) is 140 cm³/mol. The molecule has 204 valence electrons. The lowest BCUT2D eigenvalue weighted by Crippen LogP contribution is -2.37. The monoisotopic (exact) mass is 545 g/mol. The van der Waals surface area contributed by atoms with Crippen LogP contribution in [0.2, 0.25) is 0 Å². The minimum Gasteiger partial charge on any atom is -0.462 e. The van der Waals surface area contributed by atoms with Crippen LogP contribution in [0.25, 0.3) is 16.6 Å². The first-order valence-corrected chi connectivity index (χ1v) is 14.2. The average molecular weight is 546 g/mol. The molecule has 1 aromatic carbocycles. The van der Waals surface area contributed by atoms with E-state index in [9.17, 15) is 18.0 Å². The normalized spacial score (nSPS) is 14.0. The van der Waals surface area contributed by atoms with Gasteiger partial charge in [-0.1, -0.05) is 30.3 Å². The summed E-state index contributed by atoms with van der Waals surface area (Å²) in [4.78, 5) is 28.7. The van der Waals surface area contributed by atoms with E-state index in [2.05, 4.69) is 4.90 Å². The van der Waals surface area contributed by atoms with Gasteiger partial charge in [0.15, 0.2) is 0 Å². The lowest BCUT2D eigenvalue weighted by molar-refractivity contribution is 0.0480. The molecular weight excluding hydrogens is 514 g/mol. The molecule has 1 saturated heterocycles. The number of hydrogen-bond donors (Lipinski definition) is 0. The van der Waals surface area contributed by atoms with E-state index in [-0.39, 0.29) is 43.1 Å². The van der Waals surface area contributed by atoms with Crippen molar-refractivity contribution < 1.29 is 36.4 Å². The number of nitrogens with zero attached hydrogens (tertiary/aromatic N) is 3. The van der Waals surface area contributed by atoms with Crippen LogP contribution in [-0.4, -0.2) is 82.4 Å². The topological polar surface area (TPSA) is 126 Å². The van der Waals surface area contributed by atoms with Crippen molar-refractivity contribution in [2.75, 3.05) is 57.3 Å². The molecule has 12 heteroatoms. The quantitative estimate of drug-likeness (QED) is 0.277. The molecule has 11 nitrogen and oxygen atoms in total. The molecule has 0 unspecified atom stereocenters. The maximum Gasteiger partial charge on any atom is 0.341 e. The van der Waals surface area contributed by atoms with E-state index < -0.39 is 22.1 Å². The first kappa shape index (κ1) is 27.6. The Morgan fingerprint density at radius 3 is 2.24 bits per heavy atom. The van der Waals surface area contributed by atoms with E-state index in [0.717, 1.165) is 11.8 Å². The fourth-order valence-corrected chi connectivity index (χ4v) is 4.81. The zero-order valence-electron chi connectivity index (χ0n) is 21.6. The summed E-state index contributed by atoms with van der Waals surface area (Å²) in [7, 11) is -3.75. The van der Waals surface area contributed by atoms with Gasteiger partial charge in [0.1, 0.15) is 11.4 Å². The number of aromatic nitrogens is 2. The molecular formula is C26H31N3O8S. The van der Waals surface area contributed by atoms with Crippen molar-refractivity contribution >= 4 is 33.4 Å². The average Bonchev–Trinajstić information content (AvgIpc) is 3.23. The molecule has 3 heterocycles. The number of ether oxygens (including phenoxy) is 3. The van der Waals surface area contributed by atoms with Gasteiger partial charge in [0.2, 0.25) is 0 Å². The third-order valence-corrected chi connectivity index (χ3v) is 6.58. The fraction of sp³-hybridized carbons (Fsp3) is 0.423. The zero-order valence-corrected chi connectivity index (χ0v) is 22.5. The number of anilines is 1. The van der Waals surface area contributed by atoms with Gasteiger partial charge in [-0.25, -0.2) is 14.1 Å². The van der Waals surface area contributed by atoms with Gasteiger partial charge in [-0.2, -0.15) is 8.42 Å². The Balaban J connectivity index is 2.06. The second-order valence-corrected chi connectivity index (χ2v) is 10.2. The third kappa shape index (κ3) is 5.98. The van der Waals surface area contributed by atoms with Gasteiger partial charge >= 0.3 is 11.9 Å². The van der Waals surface area contributed by atoms with Crippen molar-refractivity contribution in [2.24, 2.45) is 0 Å². The molecule has 0 N–H and O–H groups in total. The second-order valence-electron chi connectivity index (χ2n) is 8.56. The van der Waals surface area contributed by atoms with Crippen LogP contribution in [0.1, 0.15) is 40.3 Å². The second kappa shape index (κ2) is 11.9. The van der Waals surface area contributed by atoms with Crippen LogP contribution in [0.3, 0.4) is 0 Å². The largest absolute Gasteiger partial charge is 0.462 e. The minimum atomic E-state index is -3.75. The smallest absolute Gasteiger partial charge is 0.341 e. The van der Waals surface area contributed by atoms with Crippen molar-refractivity contribution in [1.29, 1.82) is 0 Å². The number of rotatable bonds is 10. The number of esters is 2. The van der Waals surface area contributed by atoms with Gasteiger partial charge < -0.3 is 19.1 Å². The van der Waals surface area contributed by atoms with Crippen molar-refractivity contribution in [1.82, 2.24) is 9.61 Å². The number of hydrogen-bond acceptors (Lipinski definition) is 10. The highest BCUT2D eigenvalue weighted by Gasteiger charge is 2.33. The number of carbonyl (C=O) groups is 2. The fourth-order valence-electron chi connectivity index (χ4n) is 4.43. The molecule has 0 radical (unpaired) electrons. The number of fused-ring (bicyclic) bond motifs is 1. The van der Waals surface area contributed by atoms with E-state index in [0.29, 0.717) is 43.2 Å². The molecule has 0 aliphatic carbocycles. The van der Waals surface area contributed by atoms with Crippen LogP contribution < -0.4 is 4.90 Å². The minimum absolute atomic E-state index is 0.0135. The van der Waals surface area contributed by atoms with Crippen LogP contribution in [0.5, 0.6) is 0 Å². The number of morpholine rings is 1. The number of benzene rings is 1. The lowest BCUT2D eigenvalue weighted by atomic mass is 10.0. The molecule has 1 aliphatic heterocycles. The van der Waals surface area contributed by atoms with Crippen molar-refractivity contribution in [3.63, 3.8) is 0 Å². The van der Waals surface area contributed by atoms with Gasteiger partial charge in [0, 0.05) is 25.1 Å². The van der Waals surface area contributed by atoms with Crippen LogP contribution in [0.15, 0.2) is 36.4 Å². The van der Waals surface area contributed by atoms with Crippen LogP contribution in [-0.2, 0) is 34.9 Å². The molecule has 0 bridgehead atoms. The summed E-state index contributed by atoms with van der Waals surface area (Å²) in [6.07, 6.45) is 0.914. The Kier molecular flexibility index (Phi) is 8.65. The predicted octanol–water partition coefficient (Wildman–Crippen LogP) is 2.71. The van der Waals surface area contributed by atoms with Crippen LogP contribution >= 0.6 is 0 Å². The van der Waals surface area contributed by atoms with E-state index in [1.807, 2.05) is 36.4 Å². The molecule has 3 aromatic rings. The van der Waals surface area contributed by atoms with Gasteiger partial charge in [-0.05, 0) is 25.5 Å². The SMILES string of the molecule is CCOC(=O)c1c(C(=O)OCC)c2c(-c3ccccc3)cc(N3CCOCC3)nn2c1CCOS(C)(=O)=O. The number of carbonyl (C=O) groups excluding carboxylic acids is 2. The maximum atomic E-state index is 13.4. The summed E-state index contributed by atoms with van der Waals surface area (Å²) in [5.74, 6) is -0.825. The zero-order chi connectivity index (χ0) is 27.3. The highest BCUT2D eigenvalue weighted by molar-refractivity contribution is 7.85. The van der Waals surface area contributed by atoms with Gasteiger partial charge in [0.25, 0.3) is 10.1 Å². The molecule has 38 heavy (non-hydrogen) atoms. The highest BCUT2D eigenvalue weighted by atomic mass is 32.2. The van der Waals surface area contributed by atoms with E-state index in [1.165, 1.54) is 4.52 Å². The molecule has 1 aliphatic rings. The van der Waals surface area contributed by atoms with Gasteiger partial charge in [-0.3, -0.25) is 4.18 Å². The molecule has 0 amide bonds. The molecule has 0 atom stereocenters. The van der Waals surface area contributed by atoms with Crippen molar-refractivity contribution in [2.45, 2.75) is 20.3 Å². The summed E-state index contributed by atoms with van der Waals surface area (Å²) < 4.78 is 46.1. The van der Waals surface area contributed by atoms with E-state index in [1.54, 1.807) is 13.8 Å². The Labute approximate surface area is 221 Å². The highest BCUT2D eigenvalue weighted by Crippen LogP contribution is 2.36. The Morgan fingerprint density at radius 1 is 1.00 bits per heavy atom. The third-order valence-electron chi connectivity index (χ3n) is 5.99. The standard InChI is InChI=1S/C26H31N3O8S/c1-4-35-25(30)22-20(11-14-37-38(3,32)33)29-24(23(22)26(31)36-5-2)19(18-9-7-6-8-10-18)17-21(27-29)28-12-15-34-16-13-28/h6-10,17H,4-5,11-16H2,1-3H3. The first-order valence-electron chi connectivity index (χ1n) is 12.4. The Hall–Kier alpha value is -3.48. The summed E-state index contributed by atoms with van der Waals surface area (Å²) >= 11 is 0. The lowest BCUT2D eigenvalue weighted by Gasteiger charge is -2.28. The van der Waals surface area contributed by atoms with Crippen molar-refractivity contribution in [3.05, 3.63) is 53.2 Å². The molecule has 0 spiro atoms. The molecule has 0 saturated carbocycles.